The lowest BCUT2D eigenvalue weighted by Crippen LogP contribution is -2.08. The smallest absolute Gasteiger partial charge is 0.199 e. The Kier molecular flexibility index (Phi) is 3.61. The van der Waals surface area contributed by atoms with Crippen molar-refractivity contribution in [1.82, 2.24) is 0 Å². The molecule has 0 saturated heterocycles. The summed E-state index contributed by atoms with van der Waals surface area (Å²) in [4.78, 5) is 0. The Morgan fingerprint density at radius 2 is 1.83 bits per heavy atom. The van der Waals surface area contributed by atoms with Crippen molar-refractivity contribution >= 4 is 22.2 Å². The van der Waals surface area contributed by atoms with Crippen LogP contribution < -0.4 is 0 Å². The second kappa shape index (κ2) is 5.18. The zero-order valence-corrected chi connectivity index (χ0v) is 11.6. The van der Waals surface area contributed by atoms with Crippen LogP contribution in [0.1, 0.15) is 19.4 Å². The van der Waals surface area contributed by atoms with Gasteiger partial charge in [-0.05, 0) is 30.7 Å². The van der Waals surface area contributed by atoms with Gasteiger partial charge in [0.25, 0.3) is 0 Å². The molecule has 0 amide bonds. The van der Waals surface area contributed by atoms with Crippen LogP contribution in [0.25, 0.3) is 10.8 Å². The summed E-state index contributed by atoms with van der Waals surface area (Å²) in [6, 6.07) is 12.9. The first kappa shape index (κ1) is 12.6. The standard InChI is InChI=1S/C17H20N/c1-5-8-13(2)18(4)17-12-11-15-9-6-7-10-16(15)14(17)3/h5-12H,1-4H3/q+1/b8-5?,18-13+. The maximum atomic E-state index is 2.24. The van der Waals surface area contributed by atoms with Gasteiger partial charge in [0.15, 0.2) is 5.71 Å². The normalized spacial score (nSPS) is 13.1. The van der Waals surface area contributed by atoms with Crippen molar-refractivity contribution in [2.45, 2.75) is 20.8 Å². The minimum absolute atomic E-state index is 1.25. The van der Waals surface area contributed by atoms with Crippen LogP contribution >= 0.6 is 0 Å². The third-order valence-electron chi connectivity index (χ3n) is 3.47. The number of rotatable bonds is 2. The fraction of sp³-hybridized carbons (Fsp3) is 0.235. The minimum Gasteiger partial charge on any atom is -0.199 e. The molecule has 0 atom stereocenters. The summed E-state index contributed by atoms with van der Waals surface area (Å²) in [5.41, 5.74) is 3.85. The van der Waals surface area contributed by atoms with E-state index < -0.39 is 0 Å². The van der Waals surface area contributed by atoms with Crippen molar-refractivity contribution in [2.75, 3.05) is 7.05 Å². The summed E-state index contributed by atoms with van der Waals surface area (Å²) in [7, 11) is 2.12. The number of allylic oxidation sites excluding steroid dienone is 2. The van der Waals surface area contributed by atoms with Gasteiger partial charge in [0, 0.05) is 24.6 Å². The van der Waals surface area contributed by atoms with Crippen LogP contribution in [0, 0.1) is 6.92 Å². The number of aryl methyl sites for hydroxylation is 1. The third-order valence-corrected chi connectivity index (χ3v) is 3.47. The number of hydrogen-bond donors (Lipinski definition) is 0. The highest BCUT2D eigenvalue weighted by atomic mass is 15.0. The average molecular weight is 238 g/mol. The van der Waals surface area contributed by atoms with E-state index in [1.54, 1.807) is 0 Å². The summed E-state index contributed by atoms with van der Waals surface area (Å²) >= 11 is 0. The molecule has 18 heavy (non-hydrogen) atoms. The van der Waals surface area contributed by atoms with E-state index in [-0.39, 0.29) is 0 Å². The van der Waals surface area contributed by atoms with Crippen LogP contribution in [0.5, 0.6) is 0 Å². The largest absolute Gasteiger partial charge is 0.208 e. The van der Waals surface area contributed by atoms with E-state index in [4.69, 9.17) is 0 Å². The molecule has 0 N–H and O–H groups in total. The second-order valence-corrected chi connectivity index (χ2v) is 4.63. The van der Waals surface area contributed by atoms with Crippen molar-refractivity contribution in [2.24, 2.45) is 0 Å². The quantitative estimate of drug-likeness (QED) is 0.537. The average Bonchev–Trinajstić information content (AvgIpc) is 2.39. The summed E-state index contributed by atoms with van der Waals surface area (Å²) in [6.45, 7) is 6.37. The molecule has 1 nitrogen and oxygen atoms in total. The molecule has 1 heteroatoms. The van der Waals surface area contributed by atoms with Crippen LogP contribution in [-0.4, -0.2) is 17.3 Å². The van der Waals surface area contributed by atoms with Gasteiger partial charge in [0.1, 0.15) is 7.05 Å². The van der Waals surface area contributed by atoms with Gasteiger partial charge >= 0.3 is 0 Å². The van der Waals surface area contributed by atoms with E-state index in [0.29, 0.717) is 0 Å². The molecule has 0 spiro atoms. The molecule has 0 fully saturated rings. The molecular formula is C17H20N+. The predicted octanol–water partition coefficient (Wildman–Crippen LogP) is 4.46. The summed E-state index contributed by atoms with van der Waals surface area (Å²) < 4.78 is 2.24. The molecule has 92 valence electrons. The van der Waals surface area contributed by atoms with Gasteiger partial charge in [0.2, 0.25) is 5.69 Å². The molecule has 0 radical (unpaired) electrons. The lowest BCUT2D eigenvalue weighted by molar-refractivity contribution is -0.404. The molecule has 2 rings (SSSR count). The maximum absolute atomic E-state index is 2.24. The maximum Gasteiger partial charge on any atom is 0.208 e. The van der Waals surface area contributed by atoms with E-state index >= 15 is 0 Å². The van der Waals surface area contributed by atoms with Gasteiger partial charge in [-0.15, -0.1) is 0 Å². The van der Waals surface area contributed by atoms with Crippen molar-refractivity contribution < 1.29 is 4.58 Å². The van der Waals surface area contributed by atoms with Gasteiger partial charge in [0.05, 0.1) is 0 Å². The Morgan fingerprint density at radius 1 is 1.11 bits per heavy atom. The second-order valence-electron chi connectivity index (χ2n) is 4.63. The zero-order chi connectivity index (χ0) is 13.1. The SMILES string of the molecule is CC=C/C(C)=[N+](\C)c1ccc2ccccc2c1C. The van der Waals surface area contributed by atoms with Crippen molar-refractivity contribution in [3.63, 3.8) is 0 Å². The third kappa shape index (κ3) is 2.21. The molecule has 0 aromatic heterocycles. The fourth-order valence-electron chi connectivity index (χ4n) is 2.32. The highest BCUT2D eigenvalue weighted by Gasteiger charge is 2.12. The highest BCUT2D eigenvalue weighted by molar-refractivity contribution is 5.91. The van der Waals surface area contributed by atoms with E-state index in [1.165, 1.54) is 27.7 Å². The first-order chi connectivity index (χ1) is 8.65. The van der Waals surface area contributed by atoms with Crippen molar-refractivity contribution in [3.8, 4) is 0 Å². The number of hydrogen-bond acceptors (Lipinski definition) is 0. The molecule has 2 aromatic carbocycles. The Labute approximate surface area is 109 Å². The van der Waals surface area contributed by atoms with Crippen molar-refractivity contribution in [3.05, 3.63) is 54.1 Å². The summed E-state index contributed by atoms with van der Waals surface area (Å²) in [5.74, 6) is 0. The lowest BCUT2D eigenvalue weighted by Gasteiger charge is -2.06. The first-order valence-electron chi connectivity index (χ1n) is 6.33. The first-order valence-corrected chi connectivity index (χ1v) is 6.33. The van der Waals surface area contributed by atoms with Gasteiger partial charge in [-0.2, -0.15) is 4.58 Å². The van der Waals surface area contributed by atoms with E-state index in [9.17, 15) is 0 Å². The summed E-state index contributed by atoms with van der Waals surface area (Å²) in [6.07, 6.45) is 4.21. The van der Waals surface area contributed by atoms with Crippen LogP contribution in [-0.2, 0) is 0 Å². The molecule has 2 aromatic rings. The van der Waals surface area contributed by atoms with Crippen LogP contribution in [0.2, 0.25) is 0 Å². The van der Waals surface area contributed by atoms with Crippen LogP contribution in [0.15, 0.2) is 48.6 Å². The van der Waals surface area contributed by atoms with E-state index in [2.05, 4.69) is 74.0 Å². The minimum atomic E-state index is 1.25. The molecule has 0 aliphatic carbocycles. The number of nitrogens with zero attached hydrogens (tertiary/aromatic N) is 1. The molecule has 0 aliphatic heterocycles. The lowest BCUT2D eigenvalue weighted by atomic mass is 10.0. The Bertz CT molecular complexity index is 633. The zero-order valence-electron chi connectivity index (χ0n) is 11.6. The van der Waals surface area contributed by atoms with Crippen LogP contribution in [0.4, 0.5) is 5.69 Å². The molecule has 0 saturated carbocycles. The fourth-order valence-corrected chi connectivity index (χ4v) is 2.32. The summed E-state index contributed by atoms with van der Waals surface area (Å²) in [5, 5.41) is 2.63. The Morgan fingerprint density at radius 3 is 2.56 bits per heavy atom. The molecular weight excluding hydrogens is 218 g/mol. The Hall–Kier alpha value is -1.89. The molecule has 0 aliphatic rings. The van der Waals surface area contributed by atoms with Gasteiger partial charge in [-0.25, -0.2) is 0 Å². The van der Waals surface area contributed by atoms with Gasteiger partial charge < -0.3 is 0 Å². The Balaban J connectivity index is 2.66. The number of benzene rings is 2. The van der Waals surface area contributed by atoms with Crippen molar-refractivity contribution in [1.29, 1.82) is 0 Å². The highest BCUT2D eigenvalue weighted by Crippen LogP contribution is 2.26. The van der Waals surface area contributed by atoms with E-state index in [1.807, 2.05) is 6.92 Å². The predicted molar refractivity (Wildman–Crippen MR) is 80.0 cm³/mol. The monoisotopic (exact) mass is 238 g/mol. The molecule has 0 unspecified atom stereocenters. The number of fused-ring (bicyclic) bond motifs is 1. The van der Waals surface area contributed by atoms with Gasteiger partial charge in [-0.3, -0.25) is 0 Å². The molecule has 0 heterocycles. The van der Waals surface area contributed by atoms with Crippen LogP contribution in [0.3, 0.4) is 0 Å². The van der Waals surface area contributed by atoms with E-state index in [0.717, 1.165) is 0 Å². The van der Waals surface area contributed by atoms with Gasteiger partial charge in [-0.1, -0.05) is 30.3 Å². The topological polar surface area (TPSA) is 3.01 Å². The molecule has 0 bridgehead atoms.